The van der Waals surface area contributed by atoms with Crippen molar-refractivity contribution in [1.29, 1.82) is 0 Å². The first-order valence-corrected chi connectivity index (χ1v) is 7.81. The summed E-state index contributed by atoms with van der Waals surface area (Å²) in [7, 11) is 0. The number of aryl methyl sites for hydroxylation is 1. The second kappa shape index (κ2) is 8.63. The average Bonchev–Trinajstić information content (AvgIpc) is 2.56. The summed E-state index contributed by atoms with van der Waals surface area (Å²) in [5, 5.41) is 5.26. The quantitative estimate of drug-likeness (QED) is 0.792. The van der Waals surface area contributed by atoms with Gasteiger partial charge in [-0.15, -0.1) is 0 Å². The van der Waals surface area contributed by atoms with Gasteiger partial charge in [0.15, 0.2) is 6.61 Å². The molecule has 0 aliphatic carbocycles. The molecule has 2 amide bonds. The highest BCUT2D eigenvalue weighted by Crippen LogP contribution is 2.13. The molecular formula is C19H20N2O4. The summed E-state index contributed by atoms with van der Waals surface area (Å²) in [6, 6.07) is 14.2. The second-order valence-corrected chi connectivity index (χ2v) is 5.57. The van der Waals surface area contributed by atoms with E-state index in [1.807, 2.05) is 31.2 Å². The summed E-state index contributed by atoms with van der Waals surface area (Å²) in [4.78, 5) is 34.6. The van der Waals surface area contributed by atoms with Crippen LogP contribution in [0, 0.1) is 6.92 Å². The van der Waals surface area contributed by atoms with Gasteiger partial charge in [-0.2, -0.15) is 0 Å². The molecule has 2 aromatic rings. The van der Waals surface area contributed by atoms with E-state index in [2.05, 4.69) is 10.6 Å². The molecule has 0 aliphatic rings. The lowest BCUT2D eigenvalue weighted by atomic mass is 10.1. The fraction of sp³-hybridized carbons (Fsp3) is 0.211. The largest absolute Gasteiger partial charge is 0.455 e. The Morgan fingerprint density at radius 3 is 2.12 bits per heavy atom. The molecule has 0 atom stereocenters. The topological polar surface area (TPSA) is 84.5 Å². The Kier molecular flexibility index (Phi) is 6.28. The molecular weight excluding hydrogens is 320 g/mol. The van der Waals surface area contributed by atoms with Crippen LogP contribution in [-0.2, 0) is 25.5 Å². The van der Waals surface area contributed by atoms with Crippen LogP contribution in [0.2, 0.25) is 0 Å². The fourth-order valence-electron chi connectivity index (χ4n) is 2.20. The first-order chi connectivity index (χ1) is 11.9. The molecule has 0 fully saturated rings. The Balaban J connectivity index is 1.79. The minimum absolute atomic E-state index is 0.130. The minimum Gasteiger partial charge on any atom is -0.455 e. The van der Waals surface area contributed by atoms with Crippen molar-refractivity contribution in [2.75, 3.05) is 17.2 Å². The van der Waals surface area contributed by atoms with Gasteiger partial charge in [-0.05, 0) is 42.3 Å². The molecule has 0 radical (unpaired) electrons. The number of benzene rings is 2. The maximum Gasteiger partial charge on any atom is 0.310 e. The first-order valence-electron chi connectivity index (χ1n) is 7.81. The van der Waals surface area contributed by atoms with Gasteiger partial charge in [0, 0.05) is 18.3 Å². The summed E-state index contributed by atoms with van der Waals surface area (Å²) in [6.07, 6.45) is 0.130. The Morgan fingerprint density at radius 1 is 0.920 bits per heavy atom. The smallest absolute Gasteiger partial charge is 0.310 e. The maximum absolute atomic E-state index is 11.8. The summed E-state index contributed by atoms with van der Waals surface area (Å²) in [5.41, 5.74) is 3.06. The minimum atomic E-state index is -0.453. The van der Waals surface area contributed by atoms with Crippen LogP contribution in [0.5, 0.6) is 0 Å². The number of carbonyl (C=O) groups excluding carboxylic acids is 3. The first kappa shape index (κ1) is 18.2. The Morgan fingerprint density at radius 2 is 1.52 bits per heavy atom. The highest BCUT2D eigenvalue weighted by molar-refractivity contribution is 5.93. The van der Waals surface area contributed by atoms with Crippen molar-refractivity contribution in [1.82, 2.24) is 0 Å². The fourth-order valence-corrected chi connectivity index (χ4v) is 2.20. The average molecular weight is 340 g/mol. The lowest BCUT2D eigenvalue weighted by molar-refractivity contribution is -0.146. The highest BCUT2D eigenvalue weighted by atomic mass is 16.5. The predicted octanol–water partition coefficient (Wildman–Crippen LogP) is 2.68. The molecule has 25 heavy (non-hydrogen) atoms. The summed E-state index contributed by atoms with van der Waals surface area (Å²) in [5.74, 6) is -1.05. The summed E-state index contributed by atoms with van der Waals surface area (Å²) < 4.78 is 5.00. The van der Waals surface area contributed by atoms with E-state index in [1.54, 1.807) is 24.3 Å². The Bertz CT molecular complexity index is 769. The van der Waals surface area contributed by atoms with E-state index in [4.69, 9.17) is 4.74 Å². The van der Waals surface area contributed by atoms with Crippen LogP contribution >= 0.6 is 0 Å². The van der Waals surface area contributed by atoms with E-state index in [1.165, 1.54) is 6.92 Å². The number of esters is 1. The molecule has 6 heteroatoms. The monoisotopic (exact) mass is 340 g/mol. The van der Waals surface area contributed by atoms with Gasteiger partial charge in [0.25, 0.3) is 5.91 Å². The number of nitrogens with one attached hydrogen (secondary N) is 2. The van der Waals surface area contributed by atoms with Crippen molar-refractivity contribution in [2.24, 2.45) is 0 Å². The molecule has 0 bridgehead atoms. The number of ether oxygens (including phenoxy) is 1. The predicted molar refractivity (Wildman–Crippen MR) is 95.2 cm³/mol. The van der Waals surface area contributed by atoms with Crippen molar-refractivity contribution in [3.63, 3.8) is 0 Å². The zero-order valence-electron chi connectivity index (χ0n) is 14.2. The van der Waals surface area contributed by atoms with Crippen LogP contribution in [-0.4, -0.2) is 24.4 Å². The van der Waals surface area contributed by atoms with Crippen LogP contribution in [0.3, 0.4) is 0 Å². The van der Waals surface area contributed by atoms with Crippen molar-refractivity contribution in [2.45, 2.75) is 20.3 Å². The SMILES string of the molecule is CC(=O)Nc1ccc(NC(=O)COC(=O)Cc2ccccc2C)cc1. The molecule has 0 spiro atoms. The van der Waals surface area contributed by atoms with E-state index >= 15 is 0 Å². The molecule has 130 valence electrons. The van der Waals surface area contributed by atoms with Crippen molar-refractivity contribution in [3.8, 4) is 0 Å². The maximum atomic E-state index is 11.8. The number of anilines is 2. The van der Waals surface area contributed by atoms with Gasteiger partial charge < -0.3 is 15.4 Å². The molecule has 0 aromatic heterocycles. The van der Waals surface area contributed by atoms with Crippen LogP contribution in [0.25, 0.3) is 0 Å². The number of amides is 2. The molecule has 0 heterocycles. The number of hydrogen-bond donors (Lipinski definition) is 2. The van der Waals surface area contributed by atoms with Gasteiger partial charge in [-0.1, -0.05) is 24.3 Å². The van der Waals surface area contributed by atoms with E-state index < -0.39 is 11.9 Å². The second-order valence-electron chi connectivity index (χ2n) is 5.57. The van der Waals surface area contributed by atoms with Gasteiger partial charge in [0.2, 0.25) is 5.91 Å². The summed E-state index contributed by atoms with van der Waals surface area (Å²) >= 11 is 0. The molecule has 2 N–H and O–H groups in total. The van der Waals surface area contributed by atoms with Crippen LogP contribution in [0.15, 0.2) is 48.5 Å². The summed E-state index contributed by atoms with van der Waals surface area (Å²) in [6.45, 7) is 2.99. The number of carbonyl (C=O) groups is 3. The zero-order chi connectivity index (χ0) is 18.2. The van der Waals surface area contributed by atoms with Gasteiger partial charge >= 0.3 is 5.97 Å². The Labute approximate surface area is 146 Å². The highest BCUT2D eigenvalue weighted by Gasteiger charge is 2.10. The lowest BCUT2D eigenvalue weighted by Gasteiger charge is -2.08. The molecule has 2 rings (SSSR count). The van der Waals surface area contributed by atoms with Gasteiger partial charge in [-0.25, -0.2) is 0 Å². The lowest BCUT2D eigenvalue weighted by Crippen LogP contribution is -2.21. The van der Waals surface area contributed by atoms with Crippen LogP contribution < -0.4 is 10.6 Å². The zero-order valence-corrected chi connectivity index (χ0v) is 14.2. The normalized spacial score (nSPS) is 10.0. The molecule has 0 aliphatic heterocycles. The van der Waals surface area contributed by atoms with Gasteiger partial charge in [0.05, 0.1) is 6.42 Å². The van der Waals surface area contributed by atoms with Crippen molar-refractivity contribution in [3.05, 3.63) is 59.7 Å². The third-order valence-corrected chi connectivity index (χ3v) is 3.45. The molecule has 0 saturated carbocycles. The van der Waals surface area contributed by atoms with E-state index in [0.29, 0.717) is 11.4 Å². The van der Waals surface area contributed by atoms with Gasteiger partial charge in [0.1, 0.15) is 0 Å². The number of hydrogen-bond acceptors (Lipinski definition) is 4. The van der Waals surface area contributed by atoms with E-state index in [-0.39, 0.29) is 18.9 Å². The van der Waals surface area contributed by atoms with Gasteiger partial charge in [-0.3, -0.25) is 14.4 Å². The molecule has 0 saturated heterocycles. The van der Waals surface area contributed by atoms with Crippen LogP contribution in [0.1, 0.15) is 18.1 Å². The van der Waals surface area contributed by atoms with E-state index in [0.717, 1.165) is 11.1 Å². The standard InChI is InChI=1S/C19H20N2O4/c1-13-5-3-4-6-15(13)11-19(24)25-12-18(23)21-17-9-7-16(8-10-17)20-14(2)22/h3-10H,11-12H2,1-2H3,(H,20,22)(H,21,23). The third-order valence-electron chi connectivity index (χ3n) is 3.45. The Hall–Kier alpha value is -3.15. The van der Waals surface area contributed by atoms with Crippen molar-refractivity contribution < 1.29 is 19.1 Å². The van der Waals surface area contributed by atoms with Crippen LogP contribution in [0.4, 0.5) is 11.4 Å². The van der Waals surface area contributed by atoms with Crippen molar-refractivity contribution >= 4 is 29.2 Å². The molecule has 2 aromatic carbocycles. The molecule has 0 unspecified atom stereocenters. The number of rotatable bonds is 6. The third kappa shape index (κ3) is 6.10. The van der Waals surface area contributed by atoms with E-state index in [9.17, 15) is 14.4 Å². The molecule has 6 nitrogen and oxygen atoms in total.